The lowest BCUT2D eigenvalue weighted by Gasteiger charge is -2.28. The molecular formula is C33H36O11. The average molecular weight is 609 g/mol. The van der Waals surface area contributed by atoms with Gasteiger partial charge in [-0.15, -0.1) is 0 Å². The highest BCUT2D eigenvalue weighted by atomic mass is 16.6. The van der Waals surface area contributed by atoms with Gasteiger partial charge in [-0.05, 0) is 23.6 Å². The predicted octanol–water partition coefficient (Wildman–Crippen LogP) is 4.08. The number of benzene rings is 3. The van der Waals surface area contributed by atoms with Crippen molar-refractivity contribution in [1.29, 1.82) is 0 Å². The Labute approximate surface area is 255 Å². The first-order chi connectivity index (χ1) is 21.3. The molecule has 0 saturated heterocycles. The van der Waals surface area contributed by atoms with E-state index in [1.54, 1.807) is 97.9 Å². The third-order valence-corrected chi connectivity index (χ3v) is 6.41. The monoisotopic (exact) mass is 608 g/mol. The molecule has 0 heterocycles. The van der Waals surface area contributed by atoms with Crippen LogP contribution in [0.5, 0.6) is 0 Å². The third-order valence-electron chi connectivity index (χ3n) is 6.41. The first kappa shape index (κ1) is 33.9. The Morgan fingerprint density at radius 1 is 0.523 bits per heavy atom. The van der Waals surface area contributed by atoms with Crippen molar-refractivity contribution in [3.8, 4) is 0 Å². The molecule has 3 aromatic carbocycles. The van der Waals surface area contributed by atoms with Crippen LogP contribution < -0.4 is 0 Å². The quantitative estimate of drug-likeness (QED) is 0.172. The summed E-state index contributed by atoms with van der Waals surface area (Å²) in [5.41, 5.74) is 1.43. The molecule has 0 aliphatic carbocycles. The summed E-state index contributed by atoms with van der Waals surface area (Å²) in [7, 11) is 3.94. The van der Waals surface area contributed by atoms with Gasteiger partial charge in [0.2, 0.25) is 6.10 Å². The second kappa shape index (κ2) is 17.5. The molecule has 0 spiro atoms. The van der Waals surface area contributed by atoms with Crippen molar-refractivity contribution in [2.45, 2.75) is 37.4 Å². The van der Waals surface area contributed by atoms with Gasteiger partial charge >= 0.3 is 23.9 Å². The van der Waals surface area contributed by atoms with Crippen LogP contribution in [0.1, 0.15) is 41.9 Å². The van der Waals surface area contributed by atoms with Crippen molar-refractivity contribution in [2.75, 3.05) is 34.5 Å². The second-order valence-corrected chi connectivity index (χ2v) is 9.29. The first-order valence-corrected chi connectivity index (χ1v) is 13.8. The first-order valence-electron chi connectivity index (χ1n) is 13.8. The molecule has 0 aromatic heterocycles. The van der Waals surface area contributed by atoms with Gasteiger partial charge in [0.05, 0.1) is 6.61 Å². The van der Waals surface area contributed by atoms with E-state index in [9.17, 15) is 19.2 Å². The van der Waals surface area contributed by atoms with E-state index in [0.29, 0.717) is 16.7 Å². The summed E-state index contributed by atoms with van der Waals surface area (Å²) in [6, 6.07) is 25.5. The third kappa shape index (κ3) is 9.21. The van der Waals surface area contributed by atoms with Crippen LogP contribution in [-0.2, 0) is 52.3 Å². The summed E-state index contributed by atoms with van der Waals surface area (Å²) in [5.74, 6) is -3.76. The van der Waals surface area contributed by atoms with Gasteiger partial charge in [-0.25, -0.2) is 19.2 Å². The normalized spacial score (nSPS) is 14.3. The van der Waals surface area contributed by atoms with E-state index in [-0.39, 0.29) is 6.61 Å². The van der Waals surface area contributed by atoms with Crippen molar-refractivity contribution in [3.63, 3.8) is 0 Å². The Kier molecular flexibility index (Phi) is 13.5. The number of ether oxygens (including phenoxy) is 7. The van der Waals surface area contributed by atoms with Gasteiger partial charge in [0.25, 0.3) is 0 Å². The fourth-order valence-corrected chi connectivity index (χ4v) is 4.31. The summed E-state index contributed by atoms with van der Waals surface area (Å²) in [6.45, 7) is 0.783. The standard InChI is InChI=1S/C33H36O11/c1-5-41-31(35)29(44-33(37)28(40-4)24-19-13-8-14-20-24)25(43-32(36)27(39-3)23-17-11-7-12-18-23)21-42-30(34)26(38-2)22-15-9-6-10-16-22/h6-20,25-29H,5,21H2,1-4H3/t25-,26+,27+,28+,29-/m1/s1. The molecule has 0 bridgehead atoms. The molecule has 0 saturated carbocycles. The van der Waals surface area contributed by atoms with Crippen molar-refractivity contribution in [2.24, 2.45) is 0 Å². The number of carbonyl (C=O) groups is 4. The van der Waals surface area contributed by atoms with Crippen LogP contribution in [0.15, 0.2) is 91.0 Å². The zero-order chi connectivity index (χ0) is 31.9. The summed E-state index contributed by atoms with van der Waals surface area (Å²) in [4.78, 5) is 53.0. The molecule has 0 unspecified atom stereocenters. The SMILES string of the molecule is CCOC(=O)[C@H](OC(=O)[C@@H](OC)c1ccccc1)[C@@H](COC(=O)[C@@H](OC)c1ccccc1)OC(=O)[C@@H](OC)c1ccccc1. The average Bonchev–Trinajstić information content (AvgIpc) is 3.04. The molecule has 5 atom stereocenters. The lowest BCUT2D eigenvalue weighted by molar-refractivity contribution is -0.196. The number of esters is 4. The van der Waals surface area contributed by atoms with E-state index in [1.807, 2.05) is 0 Å². The van der Waals surface area contributed by atoms with E-state index in [2.05, 4.69) is 0 Å². The molecule has 0 amide bonds. The van der Waals surface area contributed by atoms with Gasteiger partial charge < -0.3 is 33.2 Å². The Balaban J connectivity index is 1.93. The van der Waals surface area contributed by atoms with Crippen LogP contribution in [-0.4, -0.2) is 70.6 Å². The van der Waals surface area contributed by atoms with Crippen molar-refractivity contribution >= 4 is 23.9 Å². The Morgan fingerprint density at radius 2 is 0.909 bits per heavy atom. The highest BCUT2D eigenvalue weighted by Crippen LogP contribution is 2.24. The fourth-order valence-electron chi connectivity index (χ4n) is 4.31. The Hall–Kier alpha value is -4.58. The minimum absolute atomic E-state index is 0.0792. The van der Waals surface area contributed by atoms with Gasteiger partial charge in [-0.3, -0.25) is 0 Å². The number of hydrogen-bond acceptors (Lipinski definition) is 11. The zero-order valence-electron chi connectivity index (χ0n) is 25.0. The van der Waals surface area contributed by atoms with E-state index in [0.717, 1.165) is 0 Å². The lowest BCUT2D eigenvalue weighted by Crippen LogP contribution is -2.46. The largest absolute Gasteiger partial charge is 0.463 e. The molecule has 0 N–H and O–H groups in total. The smallest absolute Gasteiger partial charge is 0.351 e. The lowest BCUT2D eigenvalue weighted by atomic mass is 10.1. The van der Waals surface area contributed by atoms with E-state index >= 15 is 0 Å². The van der Waals surface area contributed by atoms with E-state index in [1.165, 1.54) is 21.3 Å². The number of rotatable bonds is 16. The summed E-state index contributed by atoms with van der Waals surface area (Å²) in [6.07, 6.45) is -7.04. The molecule has 11 nitrogen and oxygen atoms in total. The molecule has 0 radical (unpaired) electrons. The van der Waals surface area contributed by atoms with Gasteiger partial charge in [-0.1, -0.05) is 91.0 Å². The van der Waals surface area contributed by atoms with Crippen molar-refractivity contribution < 1.29 is 52.3 Å². The molecule has 0 aliphatic rings. The van der Waals surface area contributed by atoms with Gasteiger partial charge in [0.1, 0.15) is 6.61 Å². The van der Waals surface area contributed by atoms with Crippen LogP contribution in [0, 0.1) is 0 Å². The number of hydrogen-bond donors (Lipinski definition) is 0. The highest BCUT2D eigenvalue weighted by molar-refractivity contribution is 5.84. The molecule has 3 rings (SSSR count). The van der Waals surface area contributed by atoms with Crippen LogP contribution in [0.25, 0.3) is 0 Å². The summed E-state index contributed by atoms with van der Waals surface area (Å²) >= 11 is 0. The predicted molar refractivity (Wildman–Crippen MR) is 156 cm³/mol. The van der Waals surface area contributed by atoms with Crippen LogP contribution in [0.2, 0.25) is 0 Å². The molecule has 234 valence electrons. The van der Waals surface area contributed by atoms with Crippen LogP contribution in [0.3, 0.4) is 0 Å². The Bertz CT molecular complexity index is 1330. The van der Waals surface area contributed by atoms with Crippen LogP contribution in [0.4, 0.5) is 0 Å². The van der Waals surface area contributed by atoms with Crippen molar-refractivity contribution in [3.05, 3.63) is 108 Å². The maximum Gasteiger partial charge on any atom is 0.351 e. The van der Waals surface area contributed by atoms with Gasteiger partial charge in [0.15, 0.2) is 24.4 Å². The maximum atomic E-state index is 13.4. The minimum Gasteiger partial charge on any atom is -0.463 e. The minimum atomic E-state index is -1.84. The molecule has 0 aliphatic heterocycles. The van der Waals surface area contributed by atoms with Crippen molar-refractivity contribution in [1.82, 2.24) is 0 Å². The number of methoxy groups -OCH3 is 3. The van der Waals surface area contributed by atoms with Crippen LogP contribution >= 0.6 is 0 Å². The summed E-state index contributed by atoms with van der Waals surface area (Å²) in [5, 5.41) is 0. The zero-order valence-corrected chi connectivity index (χ0v) is 25.0. The second-order valence-electron chi connectivity index (χ2n) is 9.29. The molecule has 3 aromatic rings. The fraction of sp³-hybridized carbons (Fsp3) is 0.333. The molecule has 0 fully saturated rings. The molecule has 11 heteroatoms. The summed E-state index contributed by atoms with van der Waals surface area (Å²) < 4.78 is 38.0. The van der Waals surface area contributed by atoms with E-state index in [4.69, 9.17) is 33.2 Å². The van der Waals surface area contributed by atoms with E-state index < -0.39 is 61.0 Å². The number of carbonyl (C=O) groups excluding carboxylic acids is 4. The Morgan fingerprint density at radius 3 is 1.30 bits per heavy atom. The van der Waals surface area contributed by atoms with Gasteiger partial charge in [-0.2, -0.15) is 0 Å². The van der Waals surface area contributed by atoms with Gasteiger partial charge in [0, 0.05) is 21.3 Å². The highest BCUT2D eigenvalue weighted by Gasteiger charge is 2.41. The molecular weight excluding hydrogens is 572 g/mol. The topological polar surface area (TPSA) is 133 Å². The molecule has 44 heavy (non-hydrogen) atoms. The maximum absolute atomic E-state index is 13.4.